The highest BCUT2D eigenvalue weighted by molar-refractivity contribution is 5.46. The topological polar surface area (TPSA) is 46.2 Å². The molecular formula is C20H24F3N3O. The molecule has 1 aliphatic rings. The van der Waals surface area contributed by atoms with Crippen LogP contribution in [-0.4, -0.2) is 30.3 Å². The van der Waals surface area contributed by atoms with E-state index in [0.717, 1.165) is 11.6 Å². The van der Waals surface area contributed by atoms with Crippen molar-refractivity contribution in [2.45, 2.75) is 37.5 Å². The Hall–Kier alpha value is -2.12. The van der Waals surface area contributed by atoms with Gasteiger partial charge >= 0.3 is 6.18 Å². The number of pyridine rings is 1. The van der Waals surface area contributed by atoms with E-state index >= 15 is 0 Å². The zero-order valence-electron chi connectivity index (χ0n) is 15.2. The molecule has 1 fully saturated rings. The molecule has 2 heterocycles. The molecule has 2 N–H and O–H groups in total. The highest BCUT2D eigenvalue weighted by Crippen LogP contribution is 2.34. The number of hydrogen-bond acceptors (Lipinski definition) is 4. The van der Waals surface area contributed by atoms with Gasteiger partial charge in [-0.15, -0.1) is 0 Å². The number of halogens is 3. The molecule has 7 heteroatoms. The van der Waals surface area contributed by atoms with Gasteiger partial charge in [-0.1, -0.05) is 30.3 Å². The van der Waals surface area contributed by atoms with Gasteiger partial charge in [-0.25, -0.2) is 4.98 Å². The second-order valence-electron chi connectivity index (χ2n) is 6.92. The van der Waals surface area contributed by atoms with Crippen molar-refractivity contribution in [1.29, 1.82) is 0 Å². The van der Waals surface area contributed by atoms with Gasteiger partial charge in [-0.05, 0) is 37.5 Å². The van der Waals surface area contributed by atoms with Gasteiger partial charge < -0.3 is 15.4 Å². The number of rotatable bonds is 6. The molecule has 3 rings (SSSR count). The third-order valence-electron chi connectivity index (χ3n) is 4.98. The maximum absolute atomic E-state index is 13.2. The average molecular weight is 379 g/mol. The number of aromatic nitrogens is 1. The van der Waals surface area contributed by atoms with E-state index in [-0.39, 0.29) is 17.4 Å². The highest BCUT2D eigenvalue weighted by atomic mass is 19.4. The normalized spacial score (nSPS) is 18.1. The molecule has 4 nitrogen and oxygen atoms in total. The molecule has 0 bridgehead atoms. The van der Waals surface area contributed by atoms with Crippen LogP contribution in [-0.2, 0) is 10.9 Å². The zero-order valence-corrected chi connectivity index (χ0v) is 15.2. The van der Waals surface area contributed by atoms with Gasteiger partial charge in [0.1, 0.15) is 5.82 Å². The van der Waals surface area contributed by atoms with Crippen molar-refractivity contribution < 1.29 is 17.9 Å². The first kappa shape index (κ1) is 19.6. The summed E-state index contributed by atoms with van der Waals surface area (Å²) >= 11 is 0. The van der Waals surface area contributed by atoms with Crippen molar-refractivity contribution in [3.05, 3.63) is 59.8 Å². The molecule has 2 aromatic rings. The first-order valence-electron chi connectivity index (χ1n) is 9.06. The fourth-order valence-electron chi connectivity index (χ4n) is 3.45. The average Bonchev–Trinajstić information content (AvgIpc) is 2.67. The van der Waals surface area contributed by atoms with Crippen LogP contribution in [0.2, 0.25) is 0 Å². The molecule has 0 aliphatic carbocycles. The Morgan fingerprint density at radius 1 is 1.11 bits per heavy atom. The Kier molecular flexibility index (Phi) is 6.01. The van der Waals surface area contributed by atoms with Crippen LogP contribution in [0.25, 0.3) is 0 Å². The summed E-state index contributed by atoms with van der Waals surface area (Å²) in [7, 11) is 0. The molecule has 27 heavy (non-hydrogen) atoms. The van der Waals surface area contributed by atoms with Crippen molar-refractivity contribution in [2.75, 3.05) is 25.1 Å². The van der Waals surface area contributed by atoms with Gasteiger partial charge in [-0.3, -0.25) is 0 Å². The van der Waals surface area contributed by atoms with Crippen molar-refractivity contribution in [2.24, 2.45) is 0 Å². The summed E-state index contributed by atoms with van der Waals surface area (Å²) in [5, 5.41) is 6.56. The van der Waals surface area contributed by atoms with Crippen LogP contribution in [0, 0.1) is 0 Å². The van der Waals surface area contributed by atoms with Gasteiger partial charge in [-0.2, -0.15) is 13.2 Å². The van der Waals surface area contributed by atoms with Crippen molar-refractivity contribution in [3.8, 4) is 0 Å². The summed E-state index contributed by atoms with van der Waals surface area (Å²) < 4.78 is 45.2. The summed E-state index contributed by atoms with van der Waals surface area (Å²) in [4.78, 5) is 3.91. The number of benzene rings is 1. The van der Waals surface area contributed by atoms with Crippen LogP contribution in [0.15, 0.2) is 48.7 Å². The van der Waals surface area contributed by atoms with E-state index in [0.29, 0.717) is 32.6 Å². The standard InChI is InChI=1S/C20H24F3N3O/c1-15(16-6-3-2-4-7-16)26-19(9-12-27-13-10-19)14-25-18-17(20(21,22)23)8-5-11-24-18/h2-8,11,15,26H,9-10,12-14H2,1H3,(H,24,25). The van der Waals surface area contributed by atoms with E-state index in [1.165, 1.54) is 12.3 Å². The summed E-state index contributed by atoms with van der Waals surface area (Å²) in [5.74, 6) is -0.134. The number of nitrogens with one attached hydrogen (secondary N) is 2. The largest absolute Gasteiger partial charge is 0.419 e. The van der Waals surface area contributed by atoms with E-state index in [9.17, 15) is 13.2 Å². The van der Waals surface area contributed by atoms with Crippen LogP contribution in [0.1, 0.15) is 36.9 Å². The van der Waals surface area contributed by atoms with Gasteiger partial charge in [0.05, 0.1) is 5.56 Å². The van der Waals surface area contributed by atoms with E-state index < -0.39 is 11.7 Å². The van der Waals surface area contributed by atoms with Crippen LogP contribution in [0.5, 0.6) is 0 Å². The van der Waals surface area contributed by atoms with E-state index in [1.54, 1.807) is 0 Å². The number of anilines is 1. The van der Waals surface area contributed by atoms with E-state index in [2.05, 4.69) is 22.5 Å². The third-order valence-corrected chi connectivity index (χ3v) is 4.98. The minimum absolute atomic E-state index is 0.0666. The molecule has 1 atom stereocenters. The third kappa shape index (κ3) is 4.99. The second-order valence-corrected chi connectivity index (χ2v) is 6.92. The summed E-state index contributed by atoms with van der Waals surface area (Å²) in [6.07, 6.45) is -1.64. The lowest BCUT2D eigenvalue weighted by atomic mass is 9.88. The van der Waals surface area contributed by atoms with Gasteiger partial charge in [0.2, 0.25) is 0 Å². The number of ether oxygens (including phenoxy) is 1. The number of alkyl halides is 3. The Bertz CT molecular complexity index is 731. The Balaban J connectivity index is 1.76. The predicted octanol–water partition coefficient (Wildman–Crippen LogP) is 4.41. The van der Waals surface area contributed by atoms with Gasteiger partial charge in [0.25, 0.3) is 0 Å². The summed E-state index contributed by atoms with van der Waals surface area (Å²) in [6.45, 7) is 3.55. The summed E-state index contributed by atoms with van der Waals surface area (Å²) in [6, 6.07) is 12.4. The second kappa shape index (κ2) is 8.27. The first-order chi connectivity index (χ1) is 12.9. The maximum atomic E-state index is 13.2. The number of hydrogen-bond donors (Lipinski definition) is 2. The molecule has 0 spiro atoms. The van der Waals surface area contributed by atoms with Crippen molar-refractivity contribution >= 4 is 5.82 Å². The molecule has 1 aromatic heterocycles. The van der Waals surface area contributed by atoms with E-state index in [1.807, 2.05) is 30.3 Å². The smallest absolute Gasteiger partial charge is 0.381 e. The SMILES string of the molecule is CC(NC1(CNc2ncccc2C(F)(F)F)CCOCC1)c1ccccc1. The molecular weight excluding hydrogens is 355 g/mol. The monoisotopic (exact) mass is 379 g/mol. The van der Waals surface area contributed by atoms with Crippen molar-refractivity contribution in [3.63, 3.8) is 0 Å². The molecule has 1 aliphatic heterocycles. The Morgan fingerprint density at radius 3 is 2.48 bits per heavy atom. The molecule has 1 aromatic carbocycles. The lowest BCUT2D eigenvalue weighted by molar-refractivity contribution is -0.137. The van der Waals surface area contributed by atoms with Crippen LogP contribution < -0.4 is 10.6 Å². The quantitative estimate of drug-likeness (QED) is 0.780. The molecule has 0 saturated carbocycles. The molecule has 146 valence electrons. The lowest BCUT2D eigenvalue weighted by Crippen LogP contribution is -2.54. The van der Waals surface area contributed by atoms with Crippen molar-refractivity contribution in [1.82, 2.24) is 10.3 Å². The van der Waals surface area contributed by atoms with Gasteiger partial charge in [0, 0.05) is 37.5 Å². The zero-order chi connectivity index (χ0) is 19.3. The van der Waals surface area contributed by atoms with Gasteiger partial charge in [0.15, 0.2) is 0 Å². The molecule has 1 saturated heterocycles. The summed E-state index contributed by atoms with van der Waals surface area (Å²) in [5.41, 5.74) is 0.0222. The minimum atomic E-state index is -4.44. The maximum Gasteiger partial charge on any atom is 0.419 e. The van der Waals surface area contributed by atoms with Crippen LogP contribution in [0.3, 0.4) is 0 Å². The molecule has 1 unspecified atom stereocenters. The predicted molar refractivity (Wildman–Crippen MR) is 98.5 cm³/mol. The fourth-order valence-corrected chi connectivity index (χ4v) is 3.45. The molecule has 0 radical (unpaired) electrons. The highest BCUT2D eigenvalue weighted by Gasteiger charge is 2.37. The lowest BCUT2D eigenvalue weighted by Gasteiger charge is -2.41. The Labute approximate surface area is 157 Å². The molecule has 0 amide bonds. The number of nitrogens with zero attached hydrogens (tertiary/aromatic N) is 1. The van der Waals surface area contributed by atoms with Crippen LogP contribution in [0.4, 0.5) is 19.0 Å². The first-order valence-corrected chi connectivity index (χ1v) is 9.06. The van der Waals surface area contributed by atoms with Crippen LogP contribution >= 0.6 is 0 Å². The fraction of sp³-hybridized carbons (Fsp3) is 0.450. The van der Waals surface area contributed by atoms with E-state index in [4.69, 9.17) is 4.74 Å². The Morgan fingerprint density at radius 2 is 1.81 bits per heavy atom. The minimum Gasteiger partial charge on any atom is -0.381 e.